The molecule has 0 spiro atoms. The standard InChI is InChI=1S/C16H26N2O.C6H4F2/c1-3-12-7-8-13-5-4-6-15(14(13)9-12)18-10-16(19)11(2)17;7-5-2-1-3-6(8)4-5/h7-9,11,15-16,18-19H,3-6,10,17H2,1-2H3;1-4H/t11-,15-,16+;/m0./s1. The highest BCUT2D eigenvalue weighted by atomic mass is 19.1. The zero-order valence-corrected chi connectivity index (χ0v) is 16.1. The van der Waals surface area contributed by atoms with Crippen molar-refractivity contribution in [2.75, 3.05) is 6.54 Å². The van der Waals surface area contributed by atoms with Gasteiger partial charge in [0.05, 0.1) is 6.10 Å². The maximum Gasteiger partial charge on any atom is 0.126 e. The molecule has 0 heterocycles. The molecule has 0 bridgehead atoms. The van der Waals surface area contributed by atoms with Crippen molar-refractivity contribution in [2.24, 2.45) is 5.73 Å². The van der Waals surface area contributed by atoms with E-state index in [0.717, 1.165) is 18.9 Å². The SMILES string of the molecule is CCc1ccc2c(c1)[C@@H](NC[C@@H](O)[C@H](C)N)CCC2.Fc1cccc(F)c1. The summed E-state index contributed by atoms with van der Waals surface area (Å²) in [5, 5.41) is 13.3. The van der Waals surface area contributed by atoms with Gasteiger partial charge in [-0.3, -0.25) is 0 Å². The molecule has 2 aromatic rings. The van der Waals surface area contributed by atoms with Crippen LogP contribution in [-0.2, 0) is 12.8 Å². The fourth-order valence-electron chi connectivity index (χ4n) is 3.19. The zero-order valence-electron chi connectivity index (χ0n) is 16.1. The van der Waals surface area contributed by atoms with E-state index in [4.69, 9.17) is 5.73 Å². The Bertz CT molecular complexity index is 704. The Labute approximate surface area is 160 Å². The number of rotatable bonds is 5. The van der Waals surface area contributed by atoms with Crippen LogP contribution < -0.4 is 11.1 Å². The number of hydrogen-bond donors (Lipinski definition) is 3. The van der Waals surface area contributed by atoms with E-state index in [-0.39, 0.29) is 6.04 Å². The first-order valence-corrected chi connectivity index (χ1v) is 9.60. The summed E-state index contributed by atoms with van der Waals surface area (Å²) in [6.07, 6.45) is 4.13. The molecule has 5 heteroatoms. The van der Waals surface area contributed by atoms with Crippen molar-refractivity contribution in [1.82, 2.24) is 5.32 Å². The van der Waals surface area contributed by atoms with Crippen LogP contribution in [0.5, 0.6) is 0 Å². The van der Waals surface area contributed by atoms with Crippen molar-refractivity contribution in [3.63, 3.8) is 0 Å². The van der Waals surface area contributed by atoms with Gasteiger partial charge in [-0.15, -0.1) is 0 Å². The largest absolute Gasteiger partial charge is 0.390 e. The van der Waals surface area contributed by atoms with Gasteiger partial charge in [-0.25, -0.2) is 8.78 Å². The van der Waals surface area contributed by atoms with Gasteiger partial charge in [0.25, 0.3) is 0 Å². The maximum atomic E-state index is 11.9. The summed E-state index contributed by atoms with van der Waals surface area (Å²) in [5.41, 5.74) is 9.96. The van der Waals surface area contributed by atoms with Gasteiger partial charge in [0, 0.05) is 24.7 Å². The van der Waals surface area contributed by atoms with E-state index >= 15 is 0 Å². The third-order valence-corrected chi connectivity index (χ3v) is 4.90. The molecular weight excluding hydrogens is 346 g/mol. The molecule has 2 aromatic carbocycles. The highest BCUT2D eigenvalue weighted by Crippen LogP contribution is 2.30. The Morgan fingerprint density at radius 2 is 1.89 bits per heavy atom. The van der Waals surface area contributed by atoms with Crippen LogP contribution in [0.1, 0.15) is 49.4 Å². The topological polar surface area (TPSA) is 58.3 Å². The van der Waals surface area contributed by atoms with Crippen molar-refractivity contribution >= 4 is 0 Å². The van der Waals surface area contributed by atoms with Crippen LogP contribution in [0, 0.1) is 11.6 Å². The summed E-state index contributed by atoms with van der Waals surface area (Å²) in [6, 6.07) is 11.6. The highest BCUT2D eigenvalue weighted by Gasteiger charge is 2.21. The summed E-state index contributed by atoms with van der Waals surface area (Å²) in [7, 11) is 0. The second kappa shape index (κ2) is 10.5. The second-order valence-electron chi connectivity index (χ2n) is 7.11. The third-order valence-electron chi connectivity index (χ3n) is 4.90. The minimum atomic E-state index is -0.537. The van der Waals surface area contributed by atoms with Gasteiger partial charge in [0.1, 0.15) is 11.6 Å². The molecule has 0 saturated heterocycles. The molecule has 3 atom stereocenters. The molecular formula is C22H30F2N2O. The first-order valence-electron chi connectivity index (χ1n) is 9.60. The van der Waals surface area contributed by atoms with E-state index in [0.29, 0.717) is 12.6 Å². The van der Waals surface area contributed by atoms with Gasteiger partial charge >= 0.3 is 0 Å². The van der Waals surface area contributed by atoms with Gasteiger partial charge in [0.15, 0.2) is 0 Å². The smallest absolute Gasteiger partial charge is 0.126 e. The van der Waals surface area contributed by atoms with E-state index < -0.39 is 17.7 Å². The van der Waals surface area contributed by atoms with Gasteiger partial charge in [0.2, 0.25) is 0 Å². The first-order chi connectivity index (χ1) is 12.9. The molecule has 0 unspecified atom stereocenters. The number of benzene rings is 2. The molecule has 1 aliphatic carbocycles. The van der Waals surface area contributed by atoms with Crippen LogP contribution in [0.15, 0.2) is 42.5 Å². The summed E-state index contributed by atoms with van der Waals surface area (Å²) >= 11 is 0. The lowest BCUT2D eigenvalue weighted by atomic mass is 9.86. The maximum absolute atomic E-state index is 11.9. The Hall–Kier alpha value is -1.82. The van der Waals surface area contributed by atoms with E-state index in [2.05, 4.69) is 30.4 Å². The fraction of sp³-hybridized carbons (Fsp3) is 0.455. The normalized spacial score (nSPS) is 18.1. The number of hydrogen-bond acceptors (Lipinski definition) is 3. The molecule has 4 N–H and O–H groups in total. The van der Waals surface area contributed by atoms with Crippen LogP contribution in [0.4, 0.5) is 8.78 Å². The summed E-state index contributed by atoms with van der Waals surface area (Å²) < 4.78 is 23.9. The predicted octanol–water partition coefficient (Wildman–Crippen LogP) is 3.89. The fourth-order valence-corrected chi connectivity index (χ4v) is 3.19. The van der Waals surface area contributed by atoms with E-state index in [9.17, 15) is 13.9 Å². The van der Waals surface area contributed by atoms with Crippen molar-refractivity contribution in [3.05, 3.63) is 70.8 Å². The summed E-state index contributed by atoms with van der Waals surface area (Å²) in [6.45, 7) is 4.60. The number of aliphatic hydroxyl groups excluding tert-OH is 1. The Balaban J connectivity index is 0.000000273. The van der Waals surface area contributed by atoms with Gasteiger partial charge in [-0.05, 0) is 61.4 Å². The van der Waals surface area contributed by atoms with E-state index in [1.54, 1.807) is 0 Å². The molecule has 0 amide bonds. The van der Waals surface area contributed by atoms with Crippen molar-refractivity contribution in [1.29, 1.82) is 0 Å². The van der Waals surface area contributed by atoms with Gasteiger partial charge < -0.3 is 16.2 Å². The molecule has 0 fully saturated rings. The second-order valence-corrected chi connectivity index (χ2v) is 7.11. The average molecular weight is 376 g/mol. The van der Waals surface area contributed by atoms with Crippen molar-refractivity contribution in [3.8, 4) is 0 Å². The number of halogens is 2. The van der Waals surface area contributed by atoms with E-state index in [1.807, 2.05) is 6.92 Å². The minimum absolute atomic E-state index is 0.183. The molecule has 0 saturated carbocycles. The number of nitrogens with two attached hydrogens (primary N) is 1. The third kappa shape index (κ3) is 6.69. The molecule has 1 aliphatic rings. The number of fused-ring (bicyclic) bond motifs is 1. The average Bonchev–Trinajstić information content (AvgIpc) is 2.65. The molecule has 27 heavy (non-hydrogen) atoms. The quantitative estimate of drug-likeness (QED) is 0.742. The van der Waals surface area contributed by atoms with Crippen molar-refractivity contribution in [2.45, 2.75) is 57.7 Å². The molecule has 0 aliphatic heterocycles. The van der Waals surface area contributed by atoms with Crippen LogP contribution in [0.2, 0.25) is 0 Å². The van der Waals surface area contributed by atoms with Crippen LogP contribution in [-0.4, -0.2) is 23.8 Å². The predicted molar refractivity (Wildman–Crippen MR) is 106 cm³/mol. The lowest BCUT2D eigenvalue weighted by Crippen LogP contribution is -2.41. The molecule has 0 aromatic heterocycles. The molecule has 148 valence electrons. The number of aryl methyl sites for hydroxylation is 2. The van der Waals surface area contributed by atoms with Crippen molar-refractivity contribution < 1.29 is 13.9 Å². The highest BCUT2D eigenvalue weighted by molar-refractivity contribution is 5.36. The Kier molecular flexibility index (Phi) is 8.35. The molecule has 3 nitrogen and oxygen atoms in total. The van der Waals surface area contributed by atoms with Gasteiger partial charge in [-0.2, -0.15) is 0 Å². The monoisotopic (exact) mass is 376 g/mol. The molecule has 0 radical (unpaired) electrons. The van der Waals surface area contributed by atoms with Crippen LogP contribution >= 0.6 is 0 Å². The van der Waals surface area contributed by atoms with Crippen LogP contribution in [0.3, 0.4) is 0 Å². The molecule has 3 rings (SSSR count). The minimum Gasteiger partial charge on any atom is -0.390 e. The zero-order chi connectivity index (χ0) is 19.8. The first kappa shape index (κ1) is 21.5. The van der Waals surface area contributed by atoms with Crippen LogP contribution in [0.25, 0.3) is 0 Å². The summed E-state index contributed by atoms with van der Waals surface area (Å²) in [5.74, 6) is -1.07. The Morgan fingerprint density at radius 3 is 2.44 bits per heavy atom. The Morgan fingerprint density at radius 1 is 1.19 bits per heavy atom. The lowest BCUT2D eigenvalue weighted by molar-refractivity contribution is 0.143. The number of nitrogens with one attached hydrogen (secondary N) is 1. The lowest BCUT2D eigenvalue weighted by Gasteiger charge is -2.28. The summed E-state index contributed by atoms with van der Waals surface area (Å²) in [4.78, 5) is 0. The number of aliphatic hydroxyl groups is 1. The van der Waals surface area contributed by atoms with Gasteiger partial charge in [-0.1, -0.05) is 31.2 Å². The van der Waals surface area contributed by atoms with E-state index in [1.165, 1.54) is 47.7 Å².